The third-order valence-electron chi connectivity index (χ3n) is 6.47. The lowest BCUT2D eigenvalue weighted by molar-refractivity contribution is 0.0390. The summed E-state index contributed by atoms with van der Waals surface area (Å²) in [6.45, 7) is 4.97. The zero-order chi connectivity index (χ0) is 20.4. The third kappa shape index (κ3) is 3.98. The maximum absolute atomic E-state index is 13.3. The number of amides is 1. The Morgan fingerprint density at radius 3 is 2.72 bits per heavy atom. The maximum Gasteiger partial charge on any atom is 0.254 e. The van der Waals surface area contributed by atoms with Gasteiger partial charge in [-0.05, 0) is 63.6 Å². The molecular formula is C23H30N2O4. The van der Waals surface area contributed by atoms with Gasteiger partial charge >= 0.3 is 0 Å². The molecule has 156 valence electrons. The number of carbonyl (C=O) groups is 1. The van der Waals surface area contributed by atoms with Crippen LogP contribution < -0.4 is 9.47 Å². The van der Waals surface area contributed by atoms with Crippen LogP contribution in [0.2, 0.25) is 0 Å². The van der Waals surface area contributed by atoms with Gasteiger partial charge in [0.25, 0.3) is 5.91 Å². The van der Waals surface area contributed by atoms with Crippen LogP contribution in [0.5, 0.6) is 11.5 Å². The molecule has 1 saturated heterocycles. The lowest BCUT2D eigenvalue weighted by Crippen LogP contribution is -2.49. The quantitative estimate of drug-likeness (QED) is 0.732. The molecule has 2 aliphatic rings. The SMILES string of the molecule is COc1cc(C(=O)N2CCC[C@@H]3CCCC[C@H]32)ccc1OCc1c(C)noc1C. The van der Waals surface area contributed by atoms with E-state index >= 15 is 0 Å². The molecule has 1 aliphatic carbocycles. The second-order valence-corrected chi connectivity index (χ2v) is 8.21. The molecule has 1 saturated carbocycles. The van der Waals surface area contributed by atoms with Crippen LogP contribution in [0.25, 0.3) is 0 Å². The van der Waals surface area contributed by atoms with Gasteiger partial charge in [0.2, 0.25) is 0 Å². The molecule has 0 bridgehead atoms. The van der Waals surface area contributed by atoms with E-state index in [2.05, 4.69) is 10.1 Å². The lowest BCUT2D eigenvalue weighted by atomic mass is 9.78. The number of ether oxygens (including phenoxy) is 2. The number of hydrogen-bond acceptors (Lipinski definition) is 5. The van der Waals surface area contributed by atoms with Crippen LogP contribution in [-0.2, 0) is 6.61 Å². The number of rotatable bonds is 5. The predicted octanol–water partition coefficient (Wildman–Crippen LogP) is 4.67. The van der Waals surface area contributed by atoms with Crippen LogP contribution in [0.3, 0.4) is 0 Å². The van der Waals surface area contributed by atoms with Crippen LogP contribution in [-0.4, -0.2) is 35.7 Å². The van der Waals surface area contributed by atoms with E-state index in [0.29, 0.717) is 35.6 Å². The molecule has 4 rings (SSSR count). The van der Waals surface area contributed by atoms with Crippen molar-refractivity contribution in [3.63, 3.8) is 0 Å². The number of aryl methyl sites for hydroxylation is 2. The number of aromatic nitrogens is 1. The minimum absolute atomic E-state index is 0.108. The highest BCUT2D eigenvalue weighted by molar-refractivity contribution is 5.95. The highest BCUT2D eigenvalue weighted by Gasteiger charge is 2.36. The Balaban J connectivity index is 1.50. The molecule has 2 fully saturated rings. The van der Waals surface area contributed by atoms with Crippen molar-refractivity contribution in [2.75, 3.05) is 13.7 Å². The van der Waals surface area contributed by atoms with Gasteiger partial charge < -0.3 is 18.9 Å². The summed E-state index contributed by atoms with van der Waals surface area (Å²) in [7, 11) is 1.60. The normalized spacial score (nSPS) is 21.6. The first-order valence-corrected chi connectivity index (χ1v) is 10.6. The van der Waals surface area contributed by atoms with Gasteiger partial charge in [-0.2, -0.15) is 0 Å². The first-order chi connectivity index (χ1) is 14.1. The Labute approximate surface area is 172 Å². The molecule has 0 N–H and O–H groups in total. The Morgan fingerprint density at radius 1 is 1.17 bits per heavy atom. The fourth-order valence-corrected chi connectivity index (χ4v) is 4.82. The summed E-state index contributed by atoms with van der Waals surface area (Å²) in [6.07, 6.45) is 7.27. The minimum atomic E-state index is 0.108. The average Bonchev–Trinajstić information content (AvgIpc) is 3.08. The Hall–Kier alpha value is -2.50. The summed E-state index contributed by atoms with van der Waals surface area (Å²) in [4.78, 5) is 15.4. The minimum Gasteiger partial charge on any atom is -0.493 e. The second-order valence-electron chi connectivity index (χ2n) is 8.21. The summed E-state index contributed by atoms with van der Waals surface area (Å²) in [5.41, 5.74) is 2.42. The highest BCUT2D eigenvalue weighted by Crippen LogP contribution is 2.37. The molecule has 2 heterocycles. The molecule has 6 nitrogen and oxygen atoms in total. The predicted molar refractivity (Wildman–Crippen MR) is 109 cm³/mol. The van der Waals surface area contributed by atoms with Gasteiger partial charge in [-0.25, -0.2) is 0 Å². The second kappa shape index (κ2) is 8.47. The summed E-state index contributed by atoms with van der Waals surface area (Å²) in [5.74, 6) is 2.71. The number of piperidine rings is 1. The van der Waals surface area contributed by atoms with Gasteiger partial charge in [-0.1, -0.05) is 18.0 Å². The first-order valence-electron chi connectivity index (χ1n) is 10.6. The van der Waals surface area contributed by atoms with E-state index in [-0.39, 0.29) is 5.91 Å². The standard InChI is InChI=1S/C23H30N2O4/c1-15-19(16(2)29-24-15)14-28-21-11-10-18(13-22(21)27-3)23(26)25-12-6-8-17-7-4-5-9-20(17)25/h10-11,13,17,20H,4-9,12,14H2,1-3H3/t17-,20+/m0/s1. The number of benzene rings is 1. The van der Waals surface area contributed by atoms with E-state index in [1.807, 2.05) is 26.0 Å². The molecule has 0 radical (unpaired) electrons. The van der Waals surface area contributed by atoms with Gasteiger partial charge in [0.15, 0.2) is 11.5 Å². The first kappa shape index (κ1) is 19.8. The van der Waals surface area contributed by atoms with E-state index < -0.39 is 0 Å². The number of fused-ring (bicyclic) bond motifs is 1. The summed E-state index contributed by atoms with van der Waals surface area (Å²) in [6, 6.07) is 5.87. The number of likely N-dealkylation sites (tertiary alicyclic amines) is 1. The van der Waals surface area contributed by atoms with Crippen molar-refractivity contribution in [2.24, 2.45) is 5.92 Å². The zero-order valence-electron chi connectivity index (χ0n) is 17.6. The summed E-state index contributed by atoms with van der Waals surface area (Å²) < 4.78 is 16.7. The van der Waals surface area contributed by atoms with E-state index in [1.54, 1.807) is 13.2 Å². The molecule has 29 heavy (non-hydrogen) atoms. The number of nitrogens with zero attached hydrogens (tertiary/aromatic N) is 2. The molecule has 1 aromatic heterocycles. The highest BCUT2D eigenvalue weighted by atomic mass is 16.5. The molecule has 0 unspecified atom stereocenters. The Bertz CT molecular complexity index is 854. The van der Waals surface area contributed by atoms with E-state index in [4.69, 9.17) is 14.0 Å². The van der Waals surface area contributed by atoms with Crippen molar-refractivity contribution in [2.45, 2.75) is 65.0 Å². The van der Waals surface area contributed by atoms with Crippen LogP contribution in [0, 0.1) is 19.8 Å². The van der Waals surface area contributed by atoms with Crippen molar-refractivity contribution in [3.05, 3.63) is 40.8 Å². The van der Waals surface area contributed by atoms with Gasteiger partial charge in [0.1, 0.15) is 12.4 Å². The molecule has 6 heteroatoms. The van der Waals surface area contributed by atoms with E-state index in [9.17, 15) is 4.79 Å². The van der Waals surface area contributed by atoms with Crippen molar-refractivity contribution >= 4 is 5.91 Å². The number of hydrogen-bond donors (Lipinski definition) is 0. The molecule has 1 aliphatic heterocycles. The van der Waals surface area contributed by atoms with Crippen molar-refractivity contribution in [1.82, 2.24) is 10.1 Å². The average molecular weight is 399 g/mol. The molecule has 2 atom stereocenters. The fraction of sp³-hybridized carbons (Fsp3) is 0.565. The Morgan fingerprint density at radius 2 is 1.97 bits per heavy atom. The fourth-order valence-electron chi connectivity index (χ4n) is 4.82. The molecule has 2 aromatic rings. The molecule has 1 aromatic carbocycles. The smallest absolute Gasteiger partial charge is 0.254 e. The largest absolute Gasteiger partial charge is 0.493 e. The molecule has 1 amide bonds. The molecular weight excluding hydrogens is 368 g/mol. The third-order valence-corrected chi connectivity index (χ3v) is 6.47. The van der Waals surface area contributed by atoms with Gasteiger partial charge in [0.05, 0.1) is 18.4 Å². The number of methoxy groups -OCH3 is 1. The van der Waals surface area contributed by atoms with Crippen molar-refractivity contribution < 1.29 is 18.8 Å². The Kier molecular flexibility index (Phi) is 5.79. The van der Waals surface area contributed by atoms with Gasteiger partial charge in [0, 0.05) is 18.2 Å². The van der Waals surface area contributed by atoms with Crippen LogP contribution in [0.1, 0.15) is 65.9 Å². The van der Waals surface area contributed by atoms with Crippen molar-refractivity contribution in [1.29, 1.82) is 0 Å². The number of carbonyl (C=O) groups excluding carboxylic acids is 1. The summed E-state index contributed by atoms with van der Waals surface area (Å²) >= 11 is 0. The monoisotopic (exact) mass is 398 g/mol. The van der Waals surface area contributed by atoms with Gasteiger partial charge in [-0.15, -0.1) is 0 Å². The maximum atomic E-state index is 13.3. The van der Waals surface area contributed by atoms with E-state index in [0.717, 1.165) is 36.4 Å². The van der Waals surface area contributed by atoms with Crippen molar-refractivity contribution in [3.8, 4) is 11.5 Å². The van der Waals surface area contributed by atoms with E-state index in [1.165, 1.54) is 25.7 Å². The lowest BCUT2D eigenvalue weighted by Gasteiger charge is -2.44. The van der Waals surface area contributed by atoms with Gasteiger partial charge in [-0.3, -0.25) is 4.79 Å². The molecule has 0 spiro atoms. The van der Waals surface area contributed by atoms with Crippen LogP contribution in [0.4, 0.5) is 0 Å². The summed E-state index contributed by atoms with van der Waals surface area (Å²) in [5, 5.41) is 3.96. The topological polar surface area (TPSA) is 64.8 Å². The van der Waals surface area contributed by atoms with Crippen LogP contribution in [0.15, 0.2) is 22.7 Å². The zero-order valence-corrected chi connectivity index (χ0v) is 17.6. The van der Waals surface area contributed by atoms with Crippen LogP contribution >= 0.6 is 0 Å².